The van der Waals surface area contributed by atoms with E-state index in [9.17, 15) is 5.11 Å². The molecular formula is C17H21N3O3. The normalized spacial score (nSPS) is 12.7. The molecule has 1 unspecified atom stereocenters. The highest BCUT2D eigenvalue weighted by Gasteiger charge is 2.12. The lowest BCUT2D eigenvalue weighted by atomic mass is 10.1. The van der Waals surface area contributed by atoms with Crippen molar-refractivity contribution in [2.45, 2.75) is 20.1 Å². The molecule has 0 aliphatic heterocycles. The Kier molecular flexibility index (Phi) is 5.94. The molecule has 3 N–H and O–H groups in total. The van der Waals surface area contributed by atoms with Gasteiger partial charge in [0.05, 0.1) is 13.2 Å². The van der Waals surface area contributed by atoms with Crippen LogP contribution in [0.2, 0.25) is 0 Å². The molecule has 0 aliphatic carbocycles. The van der Waals surface area contributed by atoms with Gasteiger partial charge in [0.15, 0.2) is 17.7 Å². The summed E-state index contributed by atoms with van der Waals surface area (Å²) in [6.07, 6.45) is 2.15. The molecule has 2 rings (SSSR count). The Hall–Kier alpha value is -2.60. The van der Waals surface area contributed by atoms with Crippen LogP contribution in [0.3, 0.4) is 0 Å². The van der Waals surface area contributed by atoms with Gasteiger partial charge in [-0.3, -0.25) is 4.98 Å². The number of aliphatic hydroxyl groups is 1. The minimum atomic E-state index is -1.09. The molecule has 23 heavy (non-hydrogen) atoms. The molecule has 122 valence electrons. The molecule has 0 radical (unpaired) electrons. The van der Waals surface area contributed by atoms with Gasteiger partial charge in [0, 0.05) is 23.5 Å². The summed E-state index contributed by atoms with van der Waals surface area (Å²) in [6.45, 7) is 4.83. The Morgan fingerprint density at radius 2 is 1.78 bits per heavy atom. The molecule has 0 saturated heterocycles. The minimum absolute atomic E-state index is 0.242. The van der Waals surface area contributed by atoms with Crippen LogP contribution in [0.25, 0.3) is 0 Å². The van der Waals surface area contributed by atoms with Gasteiger partial charge in [-0.2, -0.15) is 0 Å². The Bertz CT molecular complexity index is 659. The van der Waals surface area contributed by atoms with E-state index < -0.39 is 6.23 Å². The Morgan fingerprint density at radius 3 is 2.43 bits per heavy atom. The number of ether oxygens (including phenoxy) is 2. The third-order valence-corrected chi connectivity index (χ3v) is 3.10. The van der Waals surface area contributed by atoms with E-state index in [1.807, 2.05) is 13.8 Å². The average molecular weight is 315 g/mol. The first-order chi connectivity index (χ1) is 11.2. The first-order valence-corrected chi connectivity index (χ1v) is 7.47. The van der Waals surface area contributed by atoms with Gasteiger partial charge in [-0.05, 0) is 38.1 Å². The summed E-state index contributed by atoms with van der Waals surface area (Å²) in [5.41, 5.74) is 7.20. The fraction of sp³-hybridized carbons (Fsp3) is 0.294. The van der Waals surface area contributed by atoms with Crippen LogP contribution in [0.1, 0.15) is 31.2 Å². The summed E-state index contributed by atoms with van der Waals surface area (Å²) in [5.74, 6) is 1.45. The number of aliphatic imine (C=N–C) groups is 1. The molecule has 0 bridgehead atoms. The van der Waals surface area contributed by atoms with Crippen molar-refractivity contribution in [3.63, 3.8) is 0 Å². The van der Waals surface area contributed by atoms with Gasteiger partial charge in [0.2, 0.25) is 0 Å². The van der Waals surface area contributed by atoms with Crippen molar-refractivity contribution in [3.8, 4) is 11.5 Å². The first kappa shape index (κ1) is 16.8. The van der Waals surface area contributed by atoms with Crippen molar-refractivity contribution in [3.05, 3.63) is 53.9 Å². The molecule has 1 aromatic carbocycles. The van der Waals surface area contributed by atoms with Gasteiger partial charge in [-0.15, -0.1) is 0 Å². The number of rotatable bonds is 7. The van der Waals surface area contributed by atoms with Crippen LogP contribution in [0, 0.1) is 0 Å². The second-order valence-corrected chi connectivity index (χ2v) is 4.70. The SMILES string of the molecule is CCOc1ccc(C(O)/N=C(\N)c2ccncc2)cc1OCC. The Morgan fingerprint density at radius 1 is 1.13 bits per heavy atom. The van der Waals surface area contributed by atoms with Gasteiger partial charge in [-0.25, -0.2) is 4.99 Å². The smallest absolute Gasteiger partial charge is 0.173 e. The van der Waals surface area contributed by atoms with Gasteiger partial charge in [0.25, 0.3) is 0 Å². The van der Waals surface area contributed by atoms with E-state index in [-0.39, 0.29) is 5.84 Å². The molecule has 0 saturated carbocycles. The molecule has 0 fully saturated rings. The third-order valence-electron chi connectivity index (χ3n) is 3.10. The van der Waals surface area contributed by atoms with Crippen molar-refractivity contribution >= 4 is 5.84 Å². The highest BCUT2D eigenvalue weighted by molar-refractivity contribution is 5.97. The van der Waals surface area contributed by atoms with E-state index in [4.69, 9.17) is 15.2 Å². The summed E-state index contributed by atoms with van der Waals surface area (Å²) in [6, 6.07) is 8.67. The van der Waals surface area contributed by atoms with Crippen LogP contribution < -0.4 is 15.2 Å². The zero-order valence-corrected chi connectivity index (χ0v) is 13.3. The van der Waals surface area contributed by atoms with Crippen molar-refractivity contribution in [2.24, 2.45) is 10.7 Å². The lowest BCUT2D eigenvalue weighted by Gasteiger charge is -2.14. The van der Waals surface area contributed by atoms with Gasteiger partial charge in [-0.1, -0.05) is 6.07 Å². The van der Waals surface area contributed by atoms with Crippen LogP contribution in [0.15, 0.2) is 47.7 Å². The molecule has 1 heterocycles. The van der Waals surface area contributed by atoms with Crippen LogP contribution in [0.4, 0.5) is 0 Å². The molecule has 0 amide bonds. The highest BCUT2D eigenvalue weighted by atomic mass is 16.5. The van der Waals surface area contributed by atoms with Gasteiger partial charge in [0.1, 0.15) is 5.84 Å². The van der Waals surface area contributed by atoms with Gasteiger partial charge >= 0.3 is 0 Å². The van der Waals surface area contributed by atoms with E-state index in [0.29, 0.717) is 35.8 Å². The van der Waals surface area contributed by atoms with Crippen molar-refractivity contribution in [1.29, 1.82) is 0 Å². The fourth-order valence-electron chi connectivity index (χ4n) is 2.03. The molecule has 1 aromatic heterocycles. The zero-order valence-electron chi connectivity index (χ0n) is 13.3. The van der Waals surface area contributed by atoms with Crippen LogP contribution in [-0.4, -0.2) is 29.1 Å². The number of amidine groups is 1. The third kappa shape index (κ3) is 4.43. The molecule has 0 spiro atoms. The minimum Gasteiger partial charge on any atom is -0.490 e. The second-order valence-electron chi connectivity index (χ2n) is 4.70. The Balaban J connectivity index is 2.25. The van der Waals surface area contributed by atoms with Crippen molar-refractivity contribution in [1.82, 2.24) is 4.98 Å². The monoisotopic (exact) mass is 315 g/mol. The summed E-state index contributed by atoms with van der Waals surface area (Å²) >= 11 is 0. The zero-order chi connectivity index (χ0) is 16.7. The summed E-state index contributed by atoms with van der Waals surface area (Å²) in [7, 11) is 0. The summed E-state index contributed by atoms with van der Waals surface area (Å²) < 4.78 is 11.0. The fourth-order valence-corrected chi connectivity index (χ4v) is 2.03. The molecule has 6 heteroatoms. The largest absolute Gasteiger partial charge is 0.490 e. The van der Waals surface area contributed by atoms with E-state index in [1.165, 1.54) is 0 Å². The number of nitrogens with two attached hydrogens (primary N) is 1. The number of aliphatic hydroxyl groups excluding tert-OH is 1. The first-order valence-electron chi connectivity index (χ1n) is 7.47. The van der Waals surface area contributed by atoms with Gasteiger partial charge < -0.3 is 20.3 Å². The number of pyridine rings is 1. The van der Waals surface area contributed by atoms with Crippen LogP contribution >= 0.6 is 0 Å². The lowest BCUT2D eigenvalue weighted by molar-refractivity contribution is 0.187. The van der Waals surface area contributed by atoms with E-state index in [2.05, 4.69) is 9.98 Å². The maximum atomic E-state index is 10.3. The van der Waals surface area contributed by atoms with E-state index in [0.717, 1.165) is 0 Å². The molecular weight excluding hydrogens is 294 g/mol. The standard InChI is InChI=1S/C17H21N3O3/c1-3-22-14-6-5-13(11-15(14)23-4-2)17(21)20-16(18)12-7-9-19-10-8-12/h5-11,17,21H,3-4H2,1-2H3,(H2,18,20). The lowest BCUT2D eigenvalue weighted by Crippen LogP contribution is -2.15. The van der Waals surface area contributed by atoms with Crippen molar-refractivity contribution in [2.75, 3.05) is 13.2 Å². The molecule has 1 atom stereocenters. The number of hydrogen-bond donors (Lipinski definition) is 2. The molecule has 6 nitrogen and oxygen atoms in total. The number of hydrogen-bond acceptors (Lipinski definition) is 5. The maximum Gasteiger partial charge on any atom is 0.173 e. The Labute approximate surface area is 135 Å². The summed E-state index contributed by atoms with van der Waals surface area (Å²) in [5, 5.41) is 10.3. The highest BCUT2D eigenvalue weighted by Crippen LogP contribution is 2.31. The predicted octanol–water partition coefficient (Wildman–Crippen LogP) is 2.28. The maximum absolute atomic E-state index is 10.3. The quantitative estimate of drug-likeness (QED) is 0.604. The average Bonchev–Trinajstić information content (AvgIpc) is 2.57. The molecule has 0 aliphatic rings. The second kappa shape index (κ2) is 8.14. The number of nitrogens with zero attached hydrogens (tertiary/aromatic N) is 2. The predicted molar refractivity (Wildman–Crippen MR) is 88.7 cm³/mol. The van der Waals surface area contributed by atoms with E-state index >= 15 is 0 Å². The van der Waals surface area contributed by atoms with Crippen LogP contribution in [-0.2, 0) is 0 Å². The van der Waals surface area contributed by atoms with Crippen LogP contribution in [0.5, 0.6) is 11.5 Å². The van der Waals surface area contributed by atoms with E-state index in [1.54, 1.807) is 42.7 Å². The topological polar surface area (TPSA) is 90.0 Å². The summed E-state index contributed by atoms with van der Waals surface area (Å²) in [4.78, 5) is 8.04. The number of aromatic nitrogens is 1. The van der Waals surface area contributed by atoms with Crippen molar-refractivity contribution < 1.29 is 14.6 Å². The number of benzene rings is 1. The molecule has 2 aromatic rings.